The summed E-state index contributed by atoms with van der Waals surface area (Å²) in [5.74, 6) is -0.354. The fourth-order valence-electron chi connectivity index (χ4n) is 2.29. The van der Waals surface area contributed by atoms with Crippen molar-refractivity contribution in [2.45, 2.75) is 13.8 Å². The molecule has 0 amide bonds. The molecule has 0 aliphatic rings. The van der Waals surface area contributed by atoms with E-state index in [2.05, 4.69) is 9.98 Å². The first-order chi connectivity index (χ1) is 10.0. The number of fused-ring (bicyclic) bond motifs is 1. The van der Waals surface area contributed by atoms with Gasteiger partial charge in [0.1, 0.15) is 5.82 Å². The van der Waals surface area contributed by atoms with Gasteiger partial charge in [0.15, 0.2) is 5.88 Å². The first-order valence-electron chi connectivity index (χ1n) is 6.66. The molecule has 0 atom stereocenters. The molecule has 21 heavy (non-hydrogen) atoms. The lowest BCUT2D eigenvalue weighted by atomic mass is 10.1. The SMILES string of the molecule is Cc1ccc(C)c(N=Cc2c(O)[nH]c3ccc(F)cc23)c1. The minimum absolute atomic E-state index is 0.00958. The van der Waals surface area contributed by atoms with Crippen LogP contribution in [0.2, 0.25) is 0 Å². The number of aryl methyl sites for hydroxylation is 2. The van der Waals surface area contributed by atoms with Crippen molar-refractivity contribution < 1.29 is 9.50 Å². The van der Waals surface area contributed by atoms with Gasteiger partial charge in [-0.15, -0.1) is 0 Å². The molecule has 4 heteroatoms. The average Bonchev–Trinajstić information content (AvgIpc) is 2.75. The van der Waals surface area contributed by atoms with Crippen LogP contribution in [0, 0.1) is 19.7 Å². The summed E-state index contributed by atoms with van der Waals surface area (Å²) >= 11 is 0. The Balaban J connectivity index is 2.09. The molecule has 0 saturated carbocycles. The maximum Gasteiger partial charge on any atom is 0.198 e. The van der Waals surface area contributed by atoms with Gasteiger partial charge in [-0.2, -0.15) is 0 Å². The lowest BCUT2D eigenvalue weighted by Gasteiger charge is -2.01. The molecule has 106 valence electrons. The lowest BCUT2D eigenvalue weighted by molar-refractivity contribution is 0.457. The summed E-state index contributed by atoms with van der Waals surface area (Å²) < 4.78 is 13.4. The van der Waals surface area contributed by atoms with E-state index in [1.165, 1.54) is 12.1 Å². The van der Waals surface area contributed by atoms with Gasteiger partial charge in [-0.25, -0.2) is 4.39 Å². The van der Waals surface area contributed by atoms with Crippen LogP contribution >= 0.6 is 0 Å². The topological polar surface area (TPSA) is 48.4 Å². The number of aromatic amines is 1. The van der Waals surface area contributed by atoms with Crippen LogP contribution in [0.25, 0.3) is 10.9 Å². The van der Waals surface area contributed by atoms with E-state index in [1.807, 2.05) is 32.0 Å². The summed E-state index contributed by atoms with van der Waals surface area (Å²) in [5, 5.41) is 10.6. The van der Waals surface area contributed by atoms with Crippen molar-refractivity contribution in [2.24, 2.45) is 4.99 Å². The predicted molar refractivity (Wildman–Crippen MR) is 83.1 cm³/mol. The highest BCUT2D eigenvalue weighted by molar-refractivity contribution is 6.02. The maximum absolute atomic E-state index is 13.4. The number of hydrogen-bond donors (Lipinski definition) is 2. The number of H-pyrrole nitrogens is 1. The number of hydrogen-bond acceptors (Lipinski definition) is 2. The maximum atomic E-state index is 13.4. The van der Waals surface area contributed by atoms with E-state index in [4.69, 9.17) is 0 Å². The Labute approximate surface area is 121 Å². The second-order valence-corrected chi connectivity index (χ2v) is 5.13. The zero-order valence-corrected chi connectivity index (χ0v) is 11.8. The Morgan fingerprint density at radius 3 is 2.76 bits per heavy atom. The minimum atomic E-state index is -0.345. The van der Waals surface area contributed by atoms with Gasteiger partial charge in [0.25, 0.3) is 0 Å². The monoisotopic (exact) mass is 282 g/mol. The largest absolute Gasteiger partial charge is 0.494 e. The van der Waals surface area contributed by atoms with Crippen LogP contribution in [0.1, 0.15) is 16.7 Å². The second kappa shape index (κ2) is 5.05. The van der Waals surface area contributed by atoms with Crippen molar-refractivity contribution in [1.82, 2.24) is 4.98 Å². The Bertz CT molecular complexity index is 849. The molecule has 1 heterocycles. The first kappa shape index (κ1) is 13.4. The lowest BCUT2D eigenvalue weighted by Crippen LogP contribution is -1.82. The van der Waals surface area contributed by atoms with Crippen molar-refractivity contribution in [3.8, 4) is 5.88 Å². The van der Waals surface area contributed by atoms with E-state index >= 15 is 0 Å². The van der Waals surface area contributed by atoms with Gasteiger partial charge in [0.2, 0.25) is 0 Å². The third-order valence-electron chi connectivity index (χ3n) is 3.48. The average molecular weight is 282 g/mol. The number of rotatable bonds is 2. The summed E-state index contributed by atoms with van der Waals surface area (Å²) in [6.07, 6.45) is 1.56. The zero-order valence-electron chi connectivity index (χ0n) is 11.8. The van der Waals surface area contributed by atoms with Gasteiger partial charge in [0.05, 0.1) is 11.3 Å². The van der Waals surface area contributed by atoms with Crippen LogP contribution in [-0.2, 0) is 0 Å². The van der Waals surface area contributed by atoms with Crippen LogP contribution in [0.5, 0.6) is 5.88 Å². The summed E-state index contributed by atoms with van der Waals surface area (Å²) in [4.78, 5) is 7.24. The molecule has 0 aliphatic carbocycles. The van der Waals surface area contributed by atoms with Crippen LogP contribution in [0.4, 0.5) is 10.1 Å². The van der Waals surface area contributed by atoms with Crippen LogP contribution in [0.3, 0.4) is 0 Å². The van der Waals surface area contributed by atoms with Crippen molar-refractivity contribution >= 4 is 22.8 Å². The van der Waals surface area contributed by atoms with E-state index < -0.39 is 0 Å². The normalized spacial score (nSPS) is 11.6. The molecule has 2 N–H and O–H groups in total. The van der Waals surface area contributed by atoms with Gasteiger partial charge in [-0.3, -0.25) is 4.99 Å². The number of nitrogens with one attached hydrogen (secondary N) is 1. The quantitative estimate of drug-likeness (QED) is 0.673. The molecule has 3 nitrogen and oxygen atoms in total. The van der Waals surface area contributed by atoms with Gasteiger partial charge in [0, 0.05) is 17.1 Å². The number of aromatic nitrogens is 1. The molecule has 0 spiro atoms. The number of nitrogens with zero attached hydrogens (tertiary/aromatic N) is 1. The fraction of sp³-hybridized carbons (Fsp3) is 0.118. The molecule has 2 aromatic carbocycles. The molecule has 0 radical (unpaired) electrons. The number of benzene rings is 2. The van der Waals surface area contributed by atoms with E-state index in [1.54, 1.807) is 12.3 Å². The van der Waals surface area contributed by atoms with Crippen molar-refractivity contribution in [3.63, 3.8) is 0 Å². The predicted octanol–water partition coefficient (Wildman–Crippen LogP) is 4.38. The summed E-state index contributed by atoms with van der Waals surface area (Å²) in [6, 6.07) is 10.3. The highest BCUT2D eigenvalue weighted by atomic mass is 19.1. The van der Waals surface area contributed by atoms with E-state index in [0.29, 0.717) is 16.5 Å². The third-order valence-corrected chi connectivity index (χ3v) is 3.48. The standard InChI is InChI=1S/C17H15FN2O/c1-10-3-4-11(2)16(7-10)19-9-14-13-8-12(18)5-6-15(13)20-17(14)21/h3-9,20-21H,1-2H3. The van der Waals surface area contributed by atoms with Crippen LogP contribution in [-0.4, -0.2) is 16.3 Å². The molecule has 0 saturated heterocycles. The Kier molecular flexibility index (Phi) is 3.22. The first-order valence-corrected chi connectivity index (χ1v) is 6.66. The highest BCUT2D eigenvalue weighted by Gasteiger charge is 2.09. The van der Waals surface area contributed by atoms with E-state index in [-0.39, 0.29) is 11.7 Å². The highest BCUT2D eigenvalue weighted by Crippen LogP contribution is 2.27. The Hall–Kier alpha value is -2.62. The summed E-state index contributed by atoms with van der Waals surface area (Å²) in [6.45, 7) is 3.97. The molecule has 1 aromatic heterocycles. The molecule has 0 fully saturated rings. The Morgan fingerprint density at radius 1 is 1.14 bits per heavy atom. The molecular weight excluding hydrogens is 267 g/mol. The number of aliphatic imine (C=N–C) groups is 1. The van der Waals surface area contributed by atoms with Crippen molar-refractivity contribution in [2.75, 3.05) is 0 Å². The number of aromatic hydroxyl groups is 1. The van der Waals surface area contributed by atoms with Crippen molar-refractivity contribution in [3.05, 3.63) is 58.9 Å². The number of halogens is 1. The third kappa shape index (κ3) is 2.52. The van der Waals surface area contributed by atoms with Crippen LogP contribution < -0.4 is 0 Å². The van der Waals surface area contributed by atoms with Gasteiger partial charge in [-0.1, -0.05) is 12.1 Å². The van der Waals surface area contributed by atoms with E-state index in [9.17, 15) is 9.50 Å². The fourth-order valence-corrected chi connectivity index (χ4v) is 2.29. The molecule has 0 unspecified atom stereocenters. The molecule has 3 rings (SSSR count). The van der Waals surface area contributed by atoms with Gasteiger partial charge >= 0.3 is 0 Å². The smallest absolute Gasteiger partial charge is 0.198 e. The van der Waals surface area contributed by atoms with Gasteiger partial charge in [-0.05, 0) is 49.2 Å². The van der Waals surface area contributed by atoms with Gasteiger partial charge < -0.3 is 10.1 Å². The zero-order chi connectivity index (χ0) is 15.0. The van der Waals surface area contributed by atoms with Crippen LogP contribution in [0.15, 0.2) is 41.4 Å². The Morgan fingerprint density at radius 2 is 1.95 bits per heavy atom. The second-order valence-electron chi connectivity index (χ2n) is 5.13. The summed E-state index contributed by atoms with van der Waals surface area (Å²) in [5.41, 5.74) is 4.16. The van der Waals surface area contributed by atoms with Crippen molar-refractivity contribution in [1.29, 1.82) is 0 Å². The minimum Gasteiger partial charge on any atom is -0.494 e. The molecule has 0 aliphatic heterocycles. The van der Waals surface area contributed by atoms with E-state index in [0.717, 1.165) is 16.8 Å². The summed E-state index contributed by atoms with van der Waals surface area (Å²) in [7, 11) is 0. The molecule has 0 bridgehead atoms. The molecular formula is C17H15FN2O. The molecule has 3 aromatic rings.